The number of rotatable bonds is 3. The van der Waals surface area contributed by atoms with Gasteiger partial charge in [-0.1, -0.05) is 31.2 Å². The number of aryl methyl sites for hydroxylation is 1. The SMILES string of the molecule is CCc1ccc(CN(C)C(=O)OC(C)(C)C)cc1. The molecule has 0 unspecified atom stereocenters. The Kier molecular flexibility index (Phi) is 4.76. The highest BCUT2D eigenvalue weighted by atomic mass is 16.6. The fraction of sp³-hybridized carbons (Fsp3) is 0.533. The van der Waals surface area contributed by atoms with Crippen LogP contribution in [0.3, 0.4) is 0 Å². The number of benzene rings is 1. The van der Waals surface area contributed by atoms with E-state index in [1.807, 2.05) is 20.8 Å². The molecule has 3 nitrogen and oxygen atoms in total. The summed E-state index contributed by atoms with van der Waals surface area (Å²) < 4.78 is 5.30. The molecule has 0 N–H and O–H groups in total. The Bertz CT molecular complexity index is 390. The summed E-state index contributed by atoms with van der Waals surface area (Å²) in [5, 5.41) is 0. The number of hydrogen-bond acceptors (Lipinski definition) is 2. The third kappa shape index (κ3) is 4.78. The molecule has 0 spiro atoms. The van der Waals surface area contributed by atoms with Crippen LogP contribution in [-0.2, 0) is 17.7 Å². The largest absolute Gasteiger partial charge is 0.444 e. The molecule has 1 aromatic carbocycles. The first-order valence-electron chi connectivity index (χ1n) is 6.34. The summed E-state index contributed by atoms with van der Waals surface area (Å²) in [6.07, 6.45) is 0.740. The van der Waals surface area contributed by atoms with E-state index in [1.54, 1.807) is 11.9 Å². The second-order valence-corrected chi connectivity index (χ2v) is 5.51. The van der Waals surface area contributed by atoms with Crippen molar-refractivity contribution in [2.75, 3.05) is 7.05 Å². The summed E-state index contributed by atoms with van der Waals surface area (Å²) in [7, 11) is 1.75. The topological polar surface area (TPSA) is 29.5 Å². The van der Waals surface area contributed by atoms with Crippen molar-refractivity contribution in [2.45, 2.75) is 46.3 Å². The van der Waals surface area contributed by atoms with E-state index in [2.05, 4.69) is 31.2 Å². The summed E-state index contributed by atoms with van der Waals surface area (Å²) in [6.45, 7) is 8.30. The predicted octanol–water partition coefficient (Wildman–Crippen LogP) is 3.62. The zero-order chi connectivity index (χ0) is 13.8. The van der Waals surface area contributed by atoms with Crippen molar-refractivity contribution in [1.82, 2.24) is 4.90 Å². The highest BCUT2D eigenvalue weighted by Gasteiger charge is 2.19. The molecular weight excluding hydrogens is 226 g/mol. The van der Waals surface area contributed by atoms with Crippen LogP contribution >= 0.6 is 0 Å². The monoisotopic (exact) mass is 249 g/mol. The minimum Gasteiger partial charge on any atom is -0.444 e. The maximum atomic E-state index is 11.8. The van der Waals surface area contributed by atoms with Gasteiger partial charge in [-0.25, -0.2) is 4.79 Å². The molecule has 0 aromatic heterocycles. The lowest BCUT2D eigenvalue weighted by Crippen LogP contribution is -2.33. The third-order valence-corrected chi connectivity index (χ3v) is 2.56. The molecule has 1 rings (SSSR count). The molecule has 100 valence electrons. The van der Waals surface area contributed by atoms with Gasteiger partial charge in [-0.15, -0.1) is 0 Å². The number of carbonyl (C=O) groups is 1. The molecule has 0 aliphatic rings. The van der Waals surface area contributed by atoms with Gasteiger partial charge in [-0.2, -0.15) is 0 Å². The van der Waals surface area contributed by atoms with E-state index in [4.69, 9.17) is 4.74 Å². The van der Waals surface area contributed by atoms with Gasteiger partial charge in [0.25, 0.3) is 0 Å². The lowest BCUT2D eigenvalue weighted by atomic mass is 10.1. The Labute approximate surface area is 110 Å². The second-order valence-electron chi connectivity index (χ2n) is 5.51. The second kappa shape index (κ2) is 5.89. The predicted molar refractivity (Wildman–Crippen MR) is 73.5 cm³/mol. The van der Waals surface area contributed by atoms with Crippen molar-refractivity contribution in [3.8, 4) is 0 Å². The molecule has 0 bridgehead atoms. The average molecular weight is 249 g/mol. The van der Waals surface area contributed by atoms with E-state index in [0.717, 1.165) is 12.0 Å². The smallest absolute Gasteiger partial charge is 0.410 e. The minimum absolute atomic E-state index is 0.290. The van der Waals surface area contributed by atoms with Gasteiger partial charge >= 0.3 is 6.09 Å². The number of amides is 1. The van der Waals surface area contributed by atoms with Gasteiger partial charge in [0.05, 0.1) is 0 Å². The number of ether oxygens (including phenoxy) is 1. The highest BCUT2D eigenvalue weighted by molar-refractivity contribution is 5.67. The molecule has 0 radical (unpaired) electrons. The van der Waals surface area contributed by atoms with Crippen molar-refractivity contribution < 1.29 is 9.53 Å². The first kappa shape index (κ1) is 14.6. The summed E-state index contributed by atoms with van der Waals surface area (Å²) in [6, 6.07) is 8.30. The van der Waals surface area contributed by atoms with Crippen LogP contribution in [0.15, 0.2) is 24.3 Å². The maximum absolute atomic E-state index is 11.8. The molecule has 0 atom stereocenters. The van der Waals surface area contributed by atoms with Gasteiger partial charge in [0.1, 0.15) is 5.60 Å². The summed E-state index contributed by atoms with van der Waals surface area (Å²) in [4.78, 5) is 13.4. The van der Waals surface area contributed by atoms with Crippen LogP contribution in [0.2, 0.25) is 0 Å². The van der Waals surface area contributed by atoms with Crippen molar-refractivity contribution in [3.05, 3.63) is 35.4 Å². The lowest BCUT2D eigenvalue weighted by molar-refractivity contribution is 0.0285. The third-order valence-electron chi connectivity index (χ3n) is 2.56. The van der Waals surface area contributed by atoms with Gasteiger partial charge < -0.3 is 9.64 Å². The molecule has 0 aliphatic heterocycles. The van der Waals surface area contributed by atoms with Gasteiger partial charge in [-0.05, 0) is 38.3 Å². The molecule has 18 heavy (non-hydrogen) atoms. The van der Waals surface area contributed by atoms with Gasteiger partial charge in [0.15, 0.2) is 0 Å². The minimum atomic E-state index is -0.447. The van der Waals surface area contributed by atoms with Crippen LogP contribution in [0.5, 0.6) is 0 Å². The molecule has 1 amide bonds. The Morgan fingerprint density at radius 2 is 1.67 bits per heavy atom. The zero-order valence-electron chi connectivity index (χ0n) is 12.0. The fourth-order valence-electron chi connectivity index (χ4n) is 1.56. The standard InChI is InChI=1S/C15H23NO2/c1-6-12-7-9-13(10-8-12)11-16(5)14(17)18-15(2,3)4/h7-10H,6,11H2,1-5H3. The zero-order valence-corrected chi connectivity index (χ0v) is 12.0. The van der Waals surface area contributed by atoms with Crippen LogP contribution in [-0.4, -0.2) is 23.6 Å². The molecule has 0 saturated heterocycles. The lowest BCUT2D eigenvalue weighted by Gasteiger charge is -2.24. The normalized spacial score (nSPS) is 11.2. The molecule has 0 aliphatic carbocycles. The molecule has 0 heterocycles. The van der Waals surface area contributed by atoms with Gasteiger partial charge in [0.2, 0.25) is 0 Å². The first-order valence-corrected chi connectivity index (χ1v) is 6.34. The van der Waals surface area contributed by atoms with E-state index >= 15 is 0 Å². The van der Waals surface area contributed by atoms with Crippen molar-refractivity contribution in [1.29, 1.82) is 0 Å². The molecule has 1 aromatic rings. The van der Waals surface area contributed by atoms with Crippen LogP contribution in [0.4, 0.5) is 4.79 Å². The van der Waals surface area contributed by atoms with E-state index in [-0.39, 0.29) is 6.09 Å². The fourth-order valence-corrected chi connectivity index (χ4v) is 1.56. The van der Waals surface area contributed by atoms with E-state index in [9.17, 15) is 4.79 Å². The average Bonchev–Trinajstić information content (AvgIpc) is 2.27. The maximum Gasteiger partial charge on any atom is 0.410 e. The summed E-state index contributed by atoms with van der Waals surface area (Å²) in [5.74, 6) is 0. The van der Waals surface area contributed by atoms with E-state index < -0.39 is 5.60 Å². The van der Waals surface area contributed by atoms with Crippen LogP contribution in [0.1, 0.15) is 38.8 Å². The quantitative estimate of drug-likeness (QED) is 0.819. The molecule has 3 heteroatoms. The summed E-state index contributed by atoms with van der Waals surface area (Å²) in [5.41, 5.74) is 1.97. The van der Waals surface area contributed by atoms with Crippen molar-refractivity contribution in [3.63, 3.8) is 0 Å². The Morgan fingerprint density at radius 1 is 1.17 bits per heavy atom. The number of hydrogen-bond donors (Lipinski definition) is 0. The van der Waals surface area contributed by atoms with E-state index in [0.29, 0.717) is 6.54 Å². The van der Waals surface area contributed by atoms with Crippen molar-refractivity contribution in [2.24, 2.45) is 0 Å². The van der Waals surface area contributed by atoms with Crippen LogP contribution < -0.4 is 0 Å². The molecule has 0 fully saturated rings. The number of nitrogens with zero attached hydrogens (tertiary/aromatic N) is 1. The first-order chi connectivity index (χ1) is 8.31. The van der Waals surface area contributed by atoms with Crippen molar-refractivity contribution >= 4 is 6.09 Å². The van der Waals surface area contributed by atoms with Gasteiger partial charge in [0, 0.05) is 13.6 Å². The Hall–Kier alpha value is -1.51. The number of carbonyl (C=O) groups excluding carboxylic acids is 1. The molecule has 0 saturated carbocycles. The Morgan fingerprint density at radius 3 is 2.11 bits per heavy atom. The van der Waals surface area contributed by atoms with E-state index in [1.165, 1.54) is 5.56 Å². The highest BCUT2D eigenvalue weighted by Crippen LogP contribution is 2.12. The van der Waals surface area contributed by atoms with Gasteiger partial charge in [-0.3, -0.25) is 0 Å². The van der Waals surface area contributed by atoms with Crippen LogP contribution in [0, 0.1) is 0 Å². The van der Waals surface area contributed by atoms with Crippen LogP contribution in [0.25, 0.3) is 0 Å². The molecular formula is C15H23NO2. The summed E-state index contributed by atoms with van der Waals surface area (Å²) >= 11 is 0. The Balaban J connectivity index is 2.58.